The van der Waals surface area contributed by atoms with E-state index >= 15 is 0 Å². The van der Waals surface area contributed by atoms with Gasteiger partial charge in [-0.15, -0.1) is 0 Å². The number of aromatic nitrogens is 1. The number of piperidine rings is 1. The van der Waals surface area contributed by atoms with E-state index in [0.717, 1.165) is 37.1 Å². The number of hydrogen-bond donors (Lipinski definition) is 2. The topological polar surface area (TPSA) is 92.6 Å². The zero-order valence-electron chi connectivity index (χ0n) is 9.43. The van der Waals surface area contributed by atoms with Crippen LogP contribution in [0.4, 0.5) is 10.8 Å². The average molecular weight is 237 g/mol. The zero-order chi connectivity index (χ0) is 12.0. The Morgan fingerprint density at radius 3 is 3.12 bits per heavy atom. The Hall–Kier alpha value is -1.72. The highest BCUT2D eigenvalue weighted by atomic mass is 16.4. The average Bonchev–Trinajstić information content (AvgIpc) is 2.68. The maximum Gasteiger partial charge on any atom is 0.407 e. The summed E-state index contributed by atoms with van der Waals surface area (Å²) in [7, 11) is 0. The highest BCUT2D eigenvalue weighted by molar-refractivity contribution is 5.66. The first-order valence-corrected chi connectivity index (χ1v) is 5.91. The van der Waals surface area contributed by atoms with Crippen LogP contribution in [-0.4, -0.2) is 33.7 Å². The fraction of sp³-hybridized carbons (Fsp3) is 0.636. The first-order valence-electron chi connectivity index (χ1n) is 5.91. The Bertz CT molecular complexity index is 457. The van der Waals surface area contributed by atoms with Gasteiger partial charge in [0.05, 0.1) is 5.69 Å². The van der Waals surface area contributed by atoms with Crippen molar-refractivity contribution < 1.29 is 14.3 Å². The number of carbonyl (C=O) groups is 1. The predicted octanol–water partition coefficient (Wildman–Crippen LogP) is 1.43. The van der Waals surface area contributed by atoms with E-state index in [4.69, 9.17) is 10.2 Å². The molecule has 3 rings (SSSR count). The molecule has 6 heteroatoms. The molecule has 1 saturated heterocycles. The van der Waals surface area contributed by atoms with E-state index in [1.165, 1.54) is 4.90 Å². The van der Waals surface area contributed by atoms with Gasteiger partial charge in [-0.05, 0) is 25.7 Å². The van der Waals surface area contributed by atoms with E-state index in [1.54, 1.807) is 0 Å². The van der Waals surface area contributed by atoms with Gasteiger partial charge < -0.3 is 20.2 Å². The molecular formula is C11H15N3O3. The smallest absolute Gasteiger partial charge is 0.407 e. The number of nitrogens with two attached hydrogens (primary N) is 1. The Morgan fingerprint density at radius 1 is 1.53 bits per heavy atom. The van der Waals surface area contributed by atoms with Crippen molar-refractivity contribution >= 4 is 12.1 Å². The third-order valence-corrected chi connectivity index (χ3v) is 3.78. The van der Waals surface area contributed by atoms with Crippen molar-refractivity contribution in [1.29, 1.82) is 0 Å². The molecule has 0 radical (unpaired) electrons. The number of hydrogen-bond acceptors (Lipinski definition) is 4. The van der Waals surface area contributed by atoms with Crippen molar-refractivity contribution in [3.05, 3.63) is 11.5 Å². The van der Waals surface area contributed by atoms with Gasteiger partial charge in [-0.25, -0.2) is 4.79 Å². The maximum atomic E-state index is 11.2. The number of amides is 1. The molecule has 0 saturated carbocycles. The van der Waals surface area contributed by atoms with E-state index in [1.807, 2.05) is 0 Å². The lowest BCUT2D eigenvalue weighted by Gasteiger charge is -2.41. The molecule has 2 atom stereocenters. The van der Waals surface area contributed by atoms with Crippen LogP contribution >= 0.6 is 0 Å². The van der Waals surface area contributed by atoms with Crippen LogP contribution in [0.15, 0.2) is 4.42 Å². The van der Waals surface area contributed by atoms with E-state index in [-0.39, 0.29) is 18.0 Å². The fourth-order valence-electron chi connectivity index (χ4n) is 3.09. The second-order valence-corrected chi connectivity index (χ2v) is 4.69. The molecule has 1 amide bonds. The predicted molar refractivity (Wildman–Crippen MR) is 59.7 cm³/mol. The van der Waals surface area contributed by atoms with Gasteiger partial charge in [-0.3, -0.25) is 0 Å². The molecule has 1 aromatic heterocycles. The van der Waals surface area contributed by atoms with Crippen molar-refractivity contribution in [3.63, 3.8) is 0 Å². The molecule has 2 heterocycles. The van der Waals surface area contributed by atoms with Gasteiger partial charge in [-0.2, -0.15) is 4.98 Å². The third kappa shape index (κ3) is 1.55. The van der Waals surface area contributed by atoms with Crippen LogP contribution in [0.3, 0.4) is 0 Å². The molecule has 1 aliphatic carbocycles. The molecule has 2 aliphatic rings. The lowest BCUT2D eigenvalue weighted by Crippen LogP contribution is -2.48. The molecular weight excluding hydrogens is 222 g/mol. The molecule has 0 spiro atoms. The van der Waals surface area contributed by atoms with Gasteiger partial charge in [0.2, 0.25) is 0 Å². The lowest BCUT2D eigenvalue weighted by atomic mass is 9.79. The first-order chi connectivity index (χ1) is 8.16. The van der Waals surface area contributed by atoms with E-state index < -0.39 is 6.09 Å². The monoisotopic (exact) mass is 237 g/mol. The van der Waals surface area contributed by atoms with Crippen molar-refractivity contribution in [1.82, 2.24) is 9.88 Å². The molecule has 17 heavy (non-hydrogen) atoms. The van der Waals surface area contributed by atoms with Gasteiger partial charge >= 0.3 is 6.09 Å². The van der Waals surface area contributed by atoms with Crippen LogP contribution in [0.2, 0.25) is 0 Å². The van der Waals surface area contributed by atoms with Gasteiger partial charge in [0.1, 0.15) is 5.76 Å². The van der Waals surface area contributed by atoms with Gasteiger partial charge in [-0.1, -0.05) is 0 Å². The minimum Gasteiger partial charge on any atom is -0.465 e. The number of carboxylic acid groups (broad SMARTS) is 1. The largest absolute Gasteiger partial charge is 0.465 e. The summed E-state index contributed by atoms with van der Waals surface area (Å²) in [4.78, 5) is 16.9. The zero-order valence-corrected chi connectivity index (χ0v) is 9.43. The Labute approximate surface area is 98.4 Å². The number of aryl methyl sites for hydroxylation is 1. The van der Waals surface area contributed by atoms with Crippen LogP contribution in [-0.2, 0) is 6.42 Å². The second-order valence-electron chi connectivity index (χ2n) is 4.69. The molecule has 1 aromatic rings. The van der Waals surface area contributed by atoms with Gasteiger partial charge in [0.25, 0.3) is 6.01 Å². The van der Waals surface area contributed by atoms with E-state index in [2.05, 4.69) is 4.98 Å². The quantitative estimate of drug-likeness (QED) is 0.712. The number of oxazole rings is 1. The lowest BCUT2D eigenvalue weighted by molar-refractivity contribution is 0.0845. The molecule has 1 aliphatic heterocycles. The summed E-state index contributed by atoms with van der Waals surface area (Å²) in [6.07, 6.45) is 2.55. The van der Waals surface area contributed by atoms with E-state index in [0.29, 0.717) is 6.54 Å². The molecule has 1 fully saturated rings. The van der Waals surface area contributed by atoms with Crippen LogP contribution in [0.5, 0.6) is 0 Å². The summed E-state index contributed by atoms with van der Waals surface area (Å²) < 4.78 is 5.45. The van der Waals surface area contributed by atoms with Gasteiger partial charge in [0, 0.05) is 18.5 Å². The van der Waals surface area contributed by atoms with Crippen molar-refractivity contribution in [3.8, 4) is 0 Å². The minimum atomic E-state index is -0.837. The van der Waals surface area contributed by atoms with Crippen molar-refractivity contribution in [2.75, 3.05) is 12.3 Å². The molecule has 3 N–H and O–H groups in total. The molecule has 0 bridgehead atoms. The fourth-order valence-corrected chi connectivity index (χ4v) is 3.09. The molecule has 6 nitrogen and oxygen atoms in total. The SMILES string of the molecule is Nc1nc2c(o1)[C@@H]1CCCN(C(=O)O)[C@H]1CC2. The Balaban J connectivity index is 1.95. The summed E-state index contributed by atoms with van der Waals surface area (Å²) in [5.41, 5.74) is 6.48. The molecule has 92 valence electrons. The highest BCUT2D eigenvalue weighted by Gasteiger charge is 2.41. The number of anilines is 1. The van der Waals surface area contributed by atoms with Crippen LogP contribution < -0.4 is 5.73 Å². The Kier molecular flexibility index (Phi) is 2.24. The summed E-state index contributed by atoms with van der Waals surface area (Å²) in [6.45, 7) is 0.620. The number of fused-ring (bicyclic) bond motifs is 3. The number of nitrogen functional groups attached to an aromatic ring is 1. The highest BCUT2D eigenvalue weighted by Crippen LogP contribution is 2.41. The second kappa shape index (κ2) is 3.65. The Morgan fingerprint density at radius 2 is 2.35 bits per heavy atom. The maximum absolute atomic E-state index is 11.2. The van der Waals surface area contributed by atoms with Crippen LogP contribution in [0.1, 0.15) is 36.6 Å². The minimum absolute atomic E-state index is 0.0288. The van der Waals surface area contributed by atoms with Crippen molar-refractivity contribution in [2.24, 2.45) is 0 Å². The third-order valence-electron chi connectivity index (χ3n) is 3.78. The van der Waals surface area contributed by atoms with Crippen LogP contribution in [0, 0.1) is 0 Å². The number of nitrogens with zero attached hydrogens (tertiary/aromatic N) is 2. The number of likely N-dealkylation sites (tertiary alicyclic amines) is 1. The molecule has 0 aromatic carbocycles. The summed E-state index contributed by atoms with van der Waals surface area (Å²) >= 11 is 0. The molecule has 0 unspecified atom stereocenters. The number of rotatable bonds is 0. The summed E-state index contributed by atoms with van der Waals surface area (Å²) in [6, 6.07) is 0.226. The normalized spacial score (nSPS) is 27.4. The summed E-state index contributed by atoms with van der Waals surface area (Å²) in [5, 5.41) is 9.19. The first kappa shape index (κ1) is 10.4. The van der Waals surface area contributed by atoms with Crippen LogP contribution in [0.25, 0.3) is 0 Å². The van der Waals surface area contributed by atoms with E-state index in [9.17, 15) is 9.90 Å². The van der Waals surface area contributed by atoms with Gasteiger partial charge in [0.15, 0.2) is 0 Å². The van der Waals surface area contributed by atoms with Crippen molar-refractivity contribution in [2.45, 2.75) is 37.6 Å². The summed E-state index contributed by atoms with van der Waals surface area (Å²) in [5.74, 6) is 0.943. The standard InChI is InChI=1S/C11H15N3O3/c12-10-13-7-3-4-8-6(9(7)17-10)2-1-5-14(8)11(15)16/h6,8H,1-5H2,(H2,12,13)(H,15,16)/t6-,8+/m1/s1.